The fourth-order valence-corrected chi connectivity index (χ4v) is 5.34. The summed E-state index contributed by atoms with van der Waals surface area (Å²) in [4.78, 5) is 12.9. The van der Waals surface area contributed by atoms with Crippen LogP contribution in [0.4, 0.5) is 5.69 Å². The highest BCUT2D eigenvalue weighted by Gasteiger charge is 2.24. The van der Waals surface area contributed by atoms with E-state index in [0.29, 0.717) is 25.3 Å². The molecule has 6 heteroatoms. The summed E-state index contributed by atoms with van der Waals surface area (Å²) in [6.45, 7) is 4.25. The van der Waals surface area contributed by atoms with E-state index in [1.807, 2.05) is 60.7 Å². The van der Waals surface area contributed by atoms with Gasteiger partial charge in [0.2, 0.25) is 5.91 Å². The molecule has 5 nitrogen and oxygen atoms in total. The van der Waals surface area contributed by atoms with Crippen LogP contribution in [0.5, 0.6) is 0 Å². The predicted octanol–water partition coefficient (Wildman–Crippen LogP) is 6.61. The molecule has 32 heavy (non-hydrogen) atoms. The van der Waals surface area contributed by atoms with Crippen LogP contribution in [0.3, 0.4) is 0 Å². The Morgan fingerprint density at radius 2 is 1.31 bits per heavy atom. The largest absolute Gasteiger partial charge is 0.335 e. The molecule has 0 aliphatic heterocycles. The summed E-state index contributed by atoms with van der Waals surface area (Å²) in [6, 6.07) is 27.4. The van der Waals surface area contributed by atoms with Crippen molar-refractivity contribution < 1.29 is 18.4 Å². The third kappa shape index (κ3) is 6.89. The summed E-state index contributed by atoms with van der Waals surface area (Å²) in [7, 11) is -3.16. The van der Waals surface area contributed by atoms with E-state index in [0.717, 1.165) is 16.7 Å². The lowest BCUT2D eigenvalue weighted by Crippen LogP contribution is -2.16. The van der Waals surface area contributed by atoms with Gasteiger partial charge in [-0.3, -0.25) is 9.36 Å². The van der Waals surface area contributed by atoms with E-state index in [1.165, 1.54) is 0 Å². The summed E-state index contributed by atoms with van der Waals surface area (Å²) in [5, 5.41) is 2.98. The maximum absolute atomic E-state index is 12.9. The number of carbonyl (C=O) groups is 1. The number of rotatable bonds is 11. The van der Waals surface area contributed by atoms with Crippen molar-refractivity contribution in [3.8, 4) is 0 Å². The van der Waals surface area contributed by atoms with Gasteiger partial charge in [-0.15, -0.1) is 0 Å². The number of hydrogen-bond acceptors (Lipinski definition) is 4. The van der Waals surface area contributed by atoms with E-state index in [1.54, 1.807) is 13.8 Å². The molecule has 0 aliphatic rings. The average Bonchev–Trinajstić information content (AvgIpc) is 2.80. The van der Waals surface area contributed by atoms with E-state index in [9.17, 15) is 9.36 Å². The Morgan fingerprint density at radius 3 is 1.78 bits per heavy atom. The SMILES string of the molecule is CCOP(=O)(Cc1ccc(NC(=O)CC(c2ccccc2)c2ccccc2)cc1)OCC. The predicted molar refractivity (Wildman–Crippen MR) is 129 cm³/mol. The molecule has 0 aliphatic carbocycles. The maximum Gasteiger partial charge on any atom is 0.335 e. The molecular formula is C26H30NO4P. The normalized spacial score (nSPS) is 11.5. The van der Waals surface area contributed by atoms with Gasteiger partial charge in [-0.05, 0) is 42.7 Å². The molecule has 0 atom stereocenters. The first-order valence-electron chi connectivity index (χ1n) is 10.9. The average molecular weight is 452 g/mol. The molecule has 1 amide bonds. The van der Waals surface area contributed by atoms with Crippen LogP contribution in [-0.4, -0.2) is 19.1 Å². The second kappa shape index (κ2) is 11.8. The zero-order valence-corrected chi connectivity index (χ0v) is 19.5. The van der Waals surface area contributed by atoms with Crippen LogP contribution >= 0.6 is 7.60 Å². The van der Waals surface area contributed by atoms with Gasteiger partial charge in [-0.25, -0.2) is 0 Å². The smallest absolute Gasteiger partial charge is 0.326 e. The summed E-state index contributed by atoms with van der Waals surface area (Å²) < 4.78 is 23.4. The molecule has 3 rings (SSSR count). The van der Waals surface area contributed by atoms with Gasteiger partial charge >= 0.3 is 7.60 Å². The Balaban J connectivity index is 1.67. The first kappa shape index (κ1) is 23.9. The van der Waals surface area contributed by atoms with Crippen molar-refractivity contribution in [1.82, 2.24) is 0 Å². The van der Waals surface area contributed by atoms with Gasteiger partial charge in [0.25, 0.3) is 0 Å². The van der Waals surface area contributed by atoms with Crippen LogP contribution in [0.1, 0.15) is 42.9 Å². The van der Waals surface area contributed by atoms with Gasteiger partial charge in [0, 0.05) is 18.0 Å². The molecule has 0 radical (unpaired) electrons. The van der Waals surface area contributed by atoms with Crippen LogP contribution in [-0.2, 0) is 24.6 Å². The summed E-state index contributed by atoms with van der Waals surface area (Å²) in [6.07, 6.45) is 0.534. The fraction of sp³-hybridized carbons (Fsp3) is 0.269. The van der Waals surface area contributed by atoms with Crippen LogP contribution < -0.4 is 5.32 Å². The molecule has 0 fully saturated rings. The lowest BCUT2D eigenvalue weighted by Gasteiger charge is -2.18. The Kier molecular flexibility index (Phi) is 8.81. The van der Waals surface area contributed by atoms with Gasteiger partial charge in [0.1, 0.15) is 0 Å². The van der Waals surface area contributed by atoms with Gasteiger partial charge in [0.05, 0.1) is 19.4 Å². The molecule has 0 spiro atoms. The first-order chi connectivity index (χ1) is 15.5. The summed E-state index contributed by atoms with van der Waals surface area (Å²) >= 11 is 0. The quantitative estimate of drug-likeness (QED) is 0.333. The fourth-order valence-electron chi connectivity index (χ4n) is 3.64. The molecule has 0 bridgehead atoms. The standard InChI is InChI=1S/C26H30NO4P/c1-3-30-32(29,31-4-2)20-21-15-17-24(18-16-21)27-26(28)19-25(22-11-7-5-8-12-22)23-13-9-6-10-14-23/h5-18,25H,3-4,19-20H2,1-2H3,(H,27,28). The third-order valence-corrected chi connectivity index (χ3v) is 7.11. The molecule has 0 saturated heterocycles. The topological polar surface area (TPSA) is 64.6 Å². The minimum Gasteiger partial charge on any atom is -0.326 e. The van der Waals surface area contributed by atoms with Crippen LogP contribution in [0.2, 0.25) is 0 Å². The van der Waals surface area contributed by atoms with Crippen molar-refractivity contribution in [3.63, 3.8) is 0 Å². The molecule has 1 N–H and O–H groups in total. The van der Waals surface area contributed by atoms with Crippen molar-refractivity contribution in [2.75, 3.05) is 18.5 Å². The summed E-state index contributed by atoms with van der Waals surface area (Å²) in [5.41, 5.74) is 3.74. The number of benzene rings is 3. The van der Waals surface area contributed by atoms with Crippen molar-refractivity contribution in [2.45, 2.75) is 32.3 Å². The zero-order valence-electron chi connectivity index (χ0n) is 18.6. The first-order valence-corrected chi connectivity index (χ1v) is 12.6. The minimum absolute atomic E-state index is 0.0278. The van der Waals surface area contributed by atoms with E-state index in [-0.39, 0.29) is 18.0 Å². The molecule has 168 valence electrons. The van der Waals surface area contributed by atoms with Gasteiger partial charge < -0.3 is 14.4 Å². The Hall–Kier alpha value is -2.72. The van der Waals surface area contributed by atoms with Crippen LogP contribution in [0, 0.1) is 0 Å². The molecule has 0 heterocycles. The second-order valence-corrected chi connectivity index (χ2v) is 9.48. The Morgan fingerprint density at radius 1 is 0.812 bits per heavy atom. The van der Waals surface area contributed by atoms with Gasteiger partial charge in [0.15, 0.2) is 0 Å². The number of amides is 1. The molecule has 3 aromatic carbocycles. The number of nitrogens with one attached hydrogen (secondary N) is 1. The van der Waals surface area contributed by atoms with E-state index < -0.39 is 7.60 Å². The molecule has 0 aromatic heterocycles. The molecule has 0 saturated carbocycles. The Labute approximate surface area is 190 Å². The van der Waals surface area contributed by atoms with Crippen molar-refractivity contribution in [2.24, 2.45) is 0 Å². The Bertz CT molecular complexity index is 973. The highest BCUT2D eigenvalue weighted by Crippen LogP contribution is 2.51. The van der Waals surface area contributed by atoms with Crippen molar-refractivity contribution >= 4 is 19.2 Å². The van der Waals surface area contributed by atoms with Crippen molar-refractivity contribution in [3.05, 3.63) is 102 Å². The highest BCUT2D eigenvalue weighted by molar-refractivity contribution is 7.53. The van der Waals surface area contributed by atoms with Crippen LogP contribution in [0.15, 0.2) is 84.9 Å². The number of anilines is 1. The second-order valence-electron chi connectivity index (χ2n) is 7.43. The number of carbonyl (C=O) groups excluding carboxylic acids is 1. The number of hydrogen-bond donors (Lipinski definition) is 1. The summed E-state index contributed by atoms with van der Waals surface area (Å²) in [5.74, 6) is -0.0929. The molecule has 0 unspecified atom stereocenters. The molecule has 3 aromatic rings. The van der Waals surface area contributed by atoms with E-state index in [2.05, 4.69) is 29.6 Å². The highest BCUT2D eigenvalue weighted by atomic mass is 31.2. The maximum atomic E-state index is 12.9. The van der Waals surface area contributed by atoms with E-state index >= 15 is 0 Å². The molecular weight excluding hydrogens is 421 g/mol. The van der Waals surface area contributed by atoms with Crippen LogP contribution in [0.25, 0.3) is 0 Å². The van der Waals surface area contributed by atoms with Gasteiger partial charge in [-0.1, -0.05) is 72.8 Å². The zero-order chi connectivity index (χ0) is 22.8. The lowest BCUT2D eigenvalue weighted by atomic mass is 9.88. The third-order valence-electron chi connectivity index (χ3n) is 5.06. The lowest BCUT2D eigenvalue weighted by molar-refractivity contribution is -0.116. The van der Waals surface area contributed by atoms with Crippen molar-refractivity contribution in [1.29, 1.82) is 0 Å². The van der Waals surface area contributed by atoms with E-state index in [4.69, 9.17) is 9.05 Å². The minimum atomic E-state index is -3.16. The monoisotopic (exact) mass is 451 g/mol. The van der Waals surface area contributed by atoms with Gasteiger partial charge in [-0.2, -0.15) is 0 Å².